The fourth-order valence-electron chi connectivity index (χ4n) is 2.77. The van der Waals surface area contributed by atoms with Crippen molar-refractivity contribution >= 4 is 11.6 Å². The third kappa shape index (κ3) is 2.88. The van der Waals surface area contributed by atoms with Crippen LogP contribution in [0, 0.1) is 0 Å². The van der Waals surface area contributed by atoms with Crippen molar-refractivity contribution in [2.45, 2.75) is 38.3 Å². The van der Waals surface area contributed by atoms with E-state index in [0.717, 1.165) is 18.7 Å². The van der Waals surface area contributed by atoms with Gasteiger partial charge in [-0.15, -0.1) is 0 Å². The van der Waals surface area contributed by atoms with E-state index >= 15 is 0 Å². The number of hydrogen-bond donors (Lipinski definition) is 1. The van der Waals surface area contributed by atoms with Crippen LogP contribution in [0.3, 0.4) is 0 Å². The number of likely N-dealkylation sites (tertiary alicyclic amines) is 1. The van der Waals surface area contributed by atoms with Gasteiger partial charge in [-0.25, -0.2) is 0 Å². The van der Waals surface area contributed by atoms with Crippen LogP contribution in [0.15, 0.2) is 18.2 Å². The first kappa shape index (κ1) is 14.6. The van der Waals surface area contributed by atoms with Crippen LogP contribution in [0.4, 0.5) is 0 Å². The topological polar surface area (TPSA) is 38.5 Å². The number of benzene rings is 1. The van der Waals surface area contributed by atoms with Gasteiger partial charge in [0.2, 0.25) is 0 Å². The van der Waals surface area contributed by atoms with Crippen molar-refractivity contribution in [2.75, 3.05) is 20.2 Å². The molecule has 0 bridgehead atoms. The van der Waals surface area contributed by atoms with Gasteiger partial charge < -0.3 is 10.5 Å². The van der Waals surface area contributed by atoms with Crippen molar-refractivity contribution in [2.24, 2.45) is 5.73 Å². The lowest BCUT2D eigenvalue weighted by atomic mass is 9.88. The first-order chi connectivity index (χ1) is 8.96. The molecule has 1 heterocycles. The number of halogens is 1. The van der Waals surface area contributed by atoms with Crippen LogP contribution in [-0.2, 0) is 0 Å². The molecule has 1 aromatic rings. The van der Waals surface area contributed by atoms with Crippen LogP contribution in [0.2, 0.25) is 5.02 Å². The Morgan fingerprint density at radius 2 is 1.95 bits per heavy atom. The maximum Gasteiger partial charge on any atom is 0.137 e. The van der Waals surface area contributed by atoms with E-state index in [4.69, 9.17) is 22.1 Å². The van der Waals surface area contributed by atoms with Crippen molar-refractivity contribution in [1.82, 2.24) is 4.90 Å². The van der Waals surface area contributed by atoms with E-state index in [0.29, 0.717) is 10.8 Å². The smallest absolute Gasteiger partial charge is 0.137 e. The van der Waals surface area contributed by atoms with Gasteiger partial charge in [0.05, 0.1) is 12.1 Å². The van der Waals surface area contributed by atoms with E-state index in [-0.39, 0.29) is 11.6 Å². The summed E-state index contributed by atoms with van der Waals surface area (Å²) >= 11 is 6.07. The van der Waals surface area contributed by atoms with Gasteiger partial charge >= 0.3 is 0 Å². The first-order valence-corrected chi connectivity index (χ1v) is 7.18. The van der Waals surface area contributed by atoms with Crippen LogP contribution < -0.4 is 10.5 Å². The summed E-state index contributed by atoms with van der Waals surface area (Å²) in [5.41, 5.74) is 7.49. The summed E-state index contributed by atoms with van der Waals surface area (Å²) in [4.78, 5) is 2.47. The van der Waals surface area contributed by atoms with Gasteiger partial charge in [-0.3, -0.25) is 4.90 Å². The van der Waals surface area contributed by atoms with Crippen molar-refractivity contribution in [3.8, 4) is 5.75 Å². The molecule has 1 unspecified atom stereocenters. The minimum Gasteiger partial charge on any atom is -0.495 e. The molecule has 1 atom stereocenters. The zero-order valence-electron chi connectivity index (χ0n) is 11.9. The maximum absolute atomic E-state index is 6.49. The van der Waals surface area contributed by atoms with Crippen LogP contribution >= 0.6 is 11.6 Å². The summed E-state index contributed by atoms with van der Waals surface area (Å²) < 4.78 is 5.27. The van der Waals surface area contributed by atoms with Gasteiger partial charge in [-0.2, -0.15) is 0 Å². The molecule has 106 valence electrons. The largest absolute Gasteiger partial charge is 0.495 e. The lowest BCUT2D eigenvalue weighted by Gasteiger charge is -2.40. The Hall–Kier alpha value is -0.770. The van der Waals surface area contributed by atoms with E-state index in [1.54, 1.807) is 7.11 Å². The zero-order chi connectivity index (χ0) is 14.0. The predicted octanol–water partition coefficient (Wildman–Crippen LogP) is 3.22. The second-order valence-corrected chi connectivity index (χ2v) is 6.13. The summed E-state index contributed by atoms with van der Waals surface area (Å²) in [7, 11) is 1.63. The van der Waals surface area contributed by atoms with Gasteiger partial charge in [0, 0.05) is 11.6 Å². The lowest BCUT2D eigenvalue weighted by Crippen LogP contribution is -2.49. The fourth-order valence-corrected chi connectivity index (χ4v) is 2.96. The van der Waals surface area contributed by atoms with E-state index < -0.39 is 0 Å². The van der Waals surface area contributed by atoms with Crippen LogP contribution in [0.1, 0.15) is 38.3 Å². The number of nitrogens with zero attached hydrogens (tertiary/aromatic N) is 1. The van der Waals surface area contributed by atoms with Crippen molar-refractivity contribution in [3.05, 3.63) is 28.8 Å². The summed E-state index contributed by atoms with van der Waals surface area (Å²) in [5.74, 6) is 0.687. The molecule has 0 spiro atoms. The van der Waals surface area contributed by atoms with Gasteiger partial charge in [-0.1, -0.05) is 17.7 Å². The number of hydrogen-bond acceptors (Lipinski definition) is 3. The molecule has 3 nitrogen and oxygen atoms in total. The molecular weight excluding hydrogens is 260 g/mol. The van der Waals surface area contributed by atoms with Crippen molar-refractivity contribution < 1.29 is 4.74 Å². The molecule has 0 saturated carbocycles. The summed E-state index contributed by atoms with van der Waals surface area (Å²) in [6, 6.07) is 5.74. The molecule has 4 heteroatoms. The quantitative estimate of drug-likeness (QED) is 0.921. The van der Waals surface area contributed by atoms with Crippen LogP contribution in [-0.4, -0.2) is 30.6 Å². The molecule has 1 saturated heterocycles. The molecule has 1 aliphatic rings. The molecule has 0 radical (unpaired) electrons. The Bertz CT molecular complexity index is 442. The van der Waals surface area contributed by atoms with Crippen LogP contribution in [0.25, 0.3) is 0 Å². The highest BCUT2D eigenvalue weighted by Gasteiger charge is 2.35. The standard InChI is InChI=1S/C15H23ClN2O/c1-15(2,18-8-4-5-9-18)14(17)11-6-7-12(16)13(10-11)19-3/h6-7,10,14H,4-5,8-9,17H2,1-3H3. The highest BCUT2D eigenvalue weighted by molar-refractivity contribution is 6.32. The Kier molecular flexibility index (Phi) is 4.39. The number of rotatable bonds is 4. The van der Waals surface area contributed by atoms with Crippen molar-refractivity contribution in [3.63, 3.8) is 0 Å². The molecule has 0 amide bonds. The number of nitrogens with two attached hydrogens (primary N) is 1. The lowest BCUT2D eigenvalue weighted by molar-refractivity contribution is 0.124. The SMILES string of the molecule is COc1cc(C(N)C(C)(C)N2CCCC2)ccc1Cl. The Morgan fingerprint density at radius 1 is 1.32 bits per heavy atom. The number of ether oxygens (including phenoxy) is 1. The molecular formula is C15H23ClN2O. The van der Waals surface area contributed by atoms with E-state index in [9.17, 15) is 0 Å². The molecule has 1 fully saturated rings. The van der Waals surface area contributed by atoms with Gasteiger partial charge in [0.25, 0.3) is 0 Å². The molecule has 1 aliphatic heterocycles. The fraction of sp³-hybridized carbons (Fsp3) is 0.600. The van der Waals surface area contributed by atoms with Crippen molar-refractivity contribution in [1.29, 1.82) is 0 Å². The molecule has 19 heavy (non-hydrogen) atoms. The Labute approximate surface area is 120 Å². The Balaban J connectivity index is 2.24. The first-order valence-electron chi connectivity index (χ1n) is 6.81. The predicted molar refractivity (Wildman–Crippen MR) is 79.8 cm³/mol. The monoisotopic (exact) mass is 282 g/mol. The Morgan fingerprint density at radius 3 is 2.53 bits per heavy atom. The molecule has 2 rings (SSSR count). The van der Waals surface area contributed by atoms with Crippen LogP contribution in [0.5, 0.6) is 5.75 Å². The second kappa shape index (κ2) is 5.70. The molecule has 2 N–H and O–H groups in total. The average Bonchev–Trinajstić information content (AvgIpc) is 2.93. The summed E-state index contributed by atoms with van der Waals surface area (Å²) in [6.45, 7) is 6.69. The van der Waals surface area contributed by atoms with Gasteiger partial charge in [0.1, 0.15) is 5.75 Å². The van der Waals surface area contributed by atoms with Gasteiger partial charge in [-0.05, 0) is 57.5 Å². The van der Waals surface area contributed by atoms with E-state index in [2.05, 4.69) is 18.7 Å². The summed E-state index contributed by atoms with van der Waals surface area (Å²) in [6.07, 6.45) is 2.53. The third-order valence-electron chi connectivity index (χ3n) is 4.22. The molecule has 1 aromatic carbocycles. The second-order valence-electron chi connectivity index (χ2n) is 5.72. The highest BCUT2D eigenvalue weighted by Crippen LogP contribution is 2.35. The van der Waals surface area contributed by atoms with E-state index in [1.165, 1.54) is 12.8 Å². The third-order valence-corrected chi connectivity index (χ3v) is 4.53. The zero-order valence-corrected chi connectivity index (χ0v) is 12.7. The minimum absolute atomic E-state index is 0.0585. The minimum atomic E-state index is -0.0602. The molecule has 0 aliphatic carbocycles. The highest BCUT2D eigenvalue weighted by atomic mass is 35.5. The normalized spacial score (nSPS) is 18.6. The maximum atomic E-state index is 6.49. The summed E-state index contributed by atoms with van der Waals surface area (Å²) in [5, 5.41) is 0.623. The molecule has 0 aromatic heterocycles. The number of methoxy groups -OCH3 is 1. The average molecular weight is 283 g/mol. The van der Waals surface area contributed by atoms with E-state index in [1.807, 2.05) is 18.2 Å². The van der Waals surface area contributed by atoms with Gasteiger partial charge in [0.15, 0.2) is 0 Å².